The molecule has 0 heterocycles. The normalized spacial score (nSPS) is 10.1. The number of aromatic hydroxyl groups is 1. The van der Waals surface area contributed by atoms with Gasteiger partial charge in [-0.25, -0.2) is 0 Å². The smallest absolute Gasteiger partial charge is 0.169 e. The van der Waals surface area contributed by atoms with Crippen molar-refractivity contribution in [3.05, 3.63) is 42.0 Å². The maximum atomic E-state index is 11.3. The standard InChI is InChI=1S/C16H16O4/c1-3-20-15-9-8-11(13(10-17)16(15)18)12-6-4-5-7-14(12)19-2/h4-10,18H,3H2,1-2H3. The lowest BCUT2D eigenvalue weighted by molar-refractivity contribution is 0.112. The van der Waals surface area contributed by atoms with Crippen LogP contribution in [-0.2, 0) is 0 Å². The van der Waals surface area contributed by atoms with E-state index in [2.05, 4.69) is 0 Å². The zero-order chi connectivity index (χ0) is 14.5. The van der Waals surface area contributed by atoms with Gasteiger partial charge in [-0.15, -0.1) is 0 Å². The van der Waals surface area contributed by atoms with Crippen LogP contribution >= 0.6 is 0 Å². The van der Waals surface area contributed by atoms with Crippen LogP contribution in [0.4, 0.5) is 0 Å². The lowest BCUT2D eigenvalue weighted by Gasteiger charge is -2.13. The van der Waals surface area contributed by atoms with Crippen molar-refractivity contribution in [3.63, 3.8) is 0 Å². The average molecular weight is 272 g/mol. The van der Waals surface area contributed by atoms with Gasteiger partial charge in [0.1, 0.15) is 5.75 Å². The summed E-state index contributed by atoms with van der Waals surface area (Å²) in [5, 5.41) is 10.1. The second kappa shape index (κ2) is 6.10. The summed E-state index contributed by atoms with van der Waals surface area (Å²) in [6.45, 7) is 2.23. The summed E-state index contributed by atoms with van der Waals surface area (Å²) in [6.07, 6.45) is 0.625. The molecule has 2 rings (SSSR count). The van der Waals surface area contributed by atoms with Gasteiger partial charge < -0.3 is 14.6 Å². The van der Waals surface area contributed by atoms with Crippen LogP contribution in [0.1, 0.15) is 17.3 Å². The molecular weight excluding hydrogens is 256 g/mol. The second-order valence-electron chi connectivity index (χ2n) is 4.12. The van der Waals surface area contributed by atoms with Crippen LogP contribution in [0, 0.1) is 0 Å². The quantitative estimate of drug-likeness (QED) is 0.849. The summed E-state index contributed by atoms with van der Waals surface area (Å²) in [5.41, 5.74) is 1.55. The molecule has 0 unspecified atom stereocenters. The second-order valence-corrected chi connectivity index (χ2v) is 4.12. The number of para-hydroxylation sites is 1. The Kier molecular flexibility index (Phi) is 4.25. The van der Waals surface area contributed by atoms with Crippen LogP contribution in [0.15, 0.2) is 36.4 Å². The number of phenols is 1. The Hall–Kier alpha value is -2.49. The molecule has 0 fully saturated rings. The minimum absolute atomic E-state index is 0.148. The first-order valence-electron chi connectivity index (χ1n) is 6.30. The van der Waals surface area contributed by atoms with Crippen LogP contribution in [-0.4, -0.2) is 25.1 Å². The number of hydrogen-bond acceptors (Lipinski definition) is 4. The van der Waals surface area contributed by atoms with Crippen molar-refractivity contribution in [2.75, 3.05) is 13.7 Å². The van der Waals surface area contributed by atoms with Crippen molar-refractivity contribution in [3.8, 4) is 28.4 Å². The largest absolute Gasteiger partial charge is 0.504 e. The maximum absolute atomic E-state index is 11.3. The van der Waals surface area contributed by atoms with E-state index in [0.29, 0.717) is 30.0 Å². The highest BCUT2D eigenvalue weighted by atomic mass is 16.5. The van der Waals surface area contributed by atoms with Gasteiger partial charge in [-0.05, 0) is 30.7 Å². The molecule has 4 heteroatoms. The summed E-state index contributed by atoms with van der Waals surface area (Å²) >= 11 is 0. The molecule has 0 saturated heterocycles. The van der Waals surface area contributed by atoms with Crippen LogP contribution in [0.25, 0.3) is 11.1 Å². The third-order valence-corrected chi connectivity index (χ3v) is 2.99. The average Bonchev–Trinajstić information content (AvgIpc) is 2.49. The van der Waals surface area contributed by atoms with Gasteiger partial charge in [0, 0.05) is 5.56 Å². The highest BCUT2D eigenvalue weighted by Crippen LogP contribution is 2.39. The Bertz CT molecular complexity index is 620. The Morgan fingerprint density at radius 2 is 1.85 bits per heavy atom. The van der Waals surface area contributed by atoms with E-state index in [1.165, 1.54) is 0 Å². The number of hydrogen-bond donors (Lipinski definition) is 1. The Morgan fingerprint density at radius 1 is 1.10 bits per heavy atom. The molecular formula is C16H16O4. The Labute approximate surface area is 117 Å². The van der Waals surface area contributed by atoms with Gasteiger partial charge in [0.25, 0.3) is 0 Å². The van der Waals surface area contributed by atoms with Crippen molar-refractivity contribution in [2.24, 2.45) is 0 Å². The first-order valence-corrected chi connectivity index (χ1v) is 6.30. The van der Waals surface area contributed by atoms with Crippen molar-refractivity contribution in [1.29, 1.82) is 0 Å². The Morgan fingerprint density at radius 3 is 2.50 bits per heavy atom. The zero-order valence-electron chi connectivity index (χ0n) is 11.4. The third kappa shape index (κ3) is 2.45. The lowest BCUT2D eigenvalue weighted by Crippen LogP contribution is -1.97. The highest BCUT2D eigenvalue weighted by molar-refractivity contribution is 5.93. The molecule has 0 aliphatic heterocycles. The molecule has 0 saturated carbocycles. The van der Waals surface area contributed by atoms with Gasteiger partial charge in [0.15, 0.2) is 17.8 Å². The molecule has 0 aliphatic rings. The van der Waals surface area contributed by atoms with E-state index < -0.39 is 0 Å². The number of carbonyl (C=O) groups excluding carboxylic acids is 1. The zero-order valence-corrected chi connectivity index (χ0v) is 11.4. The minimum Gasteiger partial charge on any atom is -0.504 e. The van der Waals surface area contributed by atoms with Crippen molar-refractivity contribution in [1.82, 2.24) is 0 Å². The van der Waals surface area contributed by atoms with Gasteiger partial charge in [0.05, 0.1) is 19.3 Å². The summed E-state index contributed by atoms with van der Waals surface area (Å²) in [4.78, 5) is 11.3. The van der Waals surface area contributed by atoms with Crippen LogP contribution in [0.5, 0.6) is 17.2 Å². The number of rotatable bonds is 5. The van der Waals surface area contributed by atoms with Crippen molar-refractivity contribution in [2.45, 2.75) is 6.92 Å². The van der Waals surface area contributed by atoms with E-state index >= 15 is 0 Å². The fourth-order valence-electron chi connectivity index (χ4n) is 2.08. The van der Waals surface area contributed by atoms with Crippen LogP contribution < -0.4 is 9.47 Å². The molecule has 0 amide bonds. The molecule has 104 valence electrons. The topological polar surface area (TPSA) is 55.8 Å². The molecule has 2 aromatic rings. The molecule has 0 aromatic heterocycles. The monoisotopic (exact) mass is 272 g/mol. The first kappa shape index (κ1) is 13.9. The number of carbonyl (C=O) groups is 1. The summed E-state index contributed by atoms with van der Waals surface area (Å²) in [5.74, 6) is 0.790. The molecule has 2 aromatic carbocycles. The predicted octanol–water partition coefficient (Wildman–Crippen LogP) is 3.28. The highest BCUT2D eigenvalue weighted by Gasteiger charge is 2.16. The summed E-state index contributed by atoms with van der Waals surface area (Å²) < 4.78 is 10.6. The molecule has 20 heavy (non-hydrogen) atoms. The summed E-state index contributed by atoms with van der Waals surface area (Å²) in [6, 6.07) is 10.7. The molecule has 0 spiro atoms. The molecule has 0 bridgehead atoms. The molecule has 0 atom stereocenters. The van der Waals surface area contributed by atoms with Gasteiger partial charge in [-0.2, -0.15) is 0 Å². The molecule has 0 radical (unpaired) electrons. The lowest BCUT2D eigenvalue weighted by atomic mass is 9.98. The number of aldehydes is 1. The van der Waals surface area contributed by atoms with Gasteiger partial charge >= 0.3 is 0 Å². The van der Waals surface area contributed by atoms with Gasteiger partial charge in [-0.3, -0.25) is 4.79 Å². The fourth-order valence-corrected chi connectivity index (χ4v) is 2.08. The minimum atomic E-state index is -0.148. The van der Waals surface area contributed by atoms with Gasteiger partial charge in [-0.1, -0.05) is 18.2 Å². The van der Waals surface area contributed by atoms with E-state index in [4.69, 9.17) is 9.47 Å². The van der Waals surface area contributed by atoms with E-state index in [1.54, 1.807) is 25.3 Å². The van der Waals surface area contributed by atoms with Gasteiger partial charge in [0.2, 0.25) is 0 Å². The first-order chi connectivity index (χ1) is 9.72. The van der Waals surface area contributed by atoms with E-state index in [0.717, 1.165) is 5.56 Å². The Balaban J connectivity index is 2.63. The number of phenolic OH excluding ortho intramolecular Hbond substituents is 1. The maximum Gasteiger partial charge on any atom is 0.169 e. The fraction of sp³-hybridized carbons (Fsp3) is 0.188. The van der Waals surface area contributed by atoms with Crippen molar-refractivity contribution < 1.29 is 19.4 Å². The van der Waals surface area contributed by atoms with E-state index in [1.807, 2.05) is 25.1 Å². The number of methoxy groups -OCH3 is 1. The molecule has 0 aliphatic carbocycles. The third-order valence-electron chi connectivity index (χ3n) is 2.99. The van der Waals surface area contributed by atoms with E-state index in [9.17, 15) is 9.90 Å². The number of benzene rings is 2. The molecule has 1 N–H and O–H groups in total. The summed E-state index contributed by atoms with van der Waals surface area (Å²) in [7, 11) is 1.56. The SMILES string of the molecule is CCOc1ccc(-c2ccccc2OC)c(C=O)c1O. The van der Waals surface area contributed by atoms with E-state index in [-0.39, 0.29) is 11.3 Å². The van der Waals surface area contributed by atoms with Crippen LogP contribution in [0.3, 0.4) is 0 Å². The van der Waals surface area contributed by atoms with Crippen molar-refractivity contribution >= 4 is 6.29 Å². The number of ether oxygens (including phenoxy) is 2. The van der Waals surface area contributed by atoms with Crippen LogP contribution in [0.2, 0.25) is 0 Å². The molecule has 4 nitrogen and oxygen atoms in total. The predicted molar refractivity (Wildman–Crippen MR) is 76.7 cm³/mol.